The van der Waals surface area contributed by atoms with Gasteiger partial charge in [0.05, 0.1) is 5.56 Å². The number of nitrogens with zero attached hydrogens (tertiary/aromatic N) is 1. The summed E-state index contributed by atoms with van der Waals surface area (Å²) in [5.41, 5.74) is 1.53. The van der Waals surface area contributed by atoms with Crippen molar-refractivity contribution in [3.05, 3.63) is 53.9 Å². The van der Waals surface area contributed by atoms with Crippen LogP contribution in [0.1, 0.15) is 24.5 Å². The molecule has 0 amide bonds. The van der Waals surface area contributed by atoms with Crippen LogP contribution in [-0.2, 0) is 12.7 Å². The number of halogens is 3. The predicted molar refractivity (Wildman–Crippen MR) is 76.7 cm³/mol. The molecule has 1 N–H and O–H groups in total. The Balaban J connectivity index is 2.24. The molecule has 1 aromatic carbocycles. The molecule has 1 aromatic heterocycles. The maximum Gasteiger partial charge on any atom is 0.416 e. The second kappa shape index (κ2) is 6.72. The summed E-state index contributed by atoms with van der Waals surface area (Å²) in [5, 5.41) is 3.25. The molecule has 5 heteroatoms. The standard InChI is InChI=1S/C16H17F3N2/c1-2-6-20-9-12-7-14(11-21-10-12)13-4-3-5-15(8-13)16(17,18)19/h3-5,7-8,10-11,20H,2,6,9H2,1H3. The fourth-order valence-corrected chi connectivity index (χ4v) is 2.03. The smallest absolute Gasteiger partial charge is 0.313 e. The molecule has 0 spiro atoms. The lowest BCUT2D eigenvalue weighted by molar-refractivity contribution is -0.137. The number of hydrogen-bond acceptors (Lipinski definition) is 2. The van der Waals surface area contributed by atoms with E-state index in [1.165, 1.54) is 6.07 Å². The summed E-state index contributed by atoms with van der Waals surface area (Å²) in [6.45, 7) is 3.63. The Morgan fingerprint density at radius 2 is 1.90 bits per heavy atom. The third-order valence-corrected chi connectivity index (χ3v) is 3.07. The molecule has 2 nitrogen and oxygen atoms in total. The van der Waals surface area contributed by atoms with Gasteiger partial charge in [0.1, 0.15) is 0 Å². The maximum absolute atomic E-state index is 12.7. The molecule has 0 saturated heterocycles. The van der Waals surface area contributed by atoms with E-state index in [4.69, 9.17) is 0 Å². The summed E-state index contributed by atoms with van der Waals surface area (Å²) in [6, 6.07) is 7.17. The zero-order chi connectivity index (χ0) is 15.3. The van der Waals surface area contributed by atoms with E-state index in [0.29, 0.717) is 17.7 Å². The molecule has 21 heavy (non-hydrogen) atoms. The van der Waals surface area contributed by atoms with Gasteiger partial charge < -0.3 is 5.32 Å². The van der Waals surface area contributed by atoms with Crippen molar-refractivity contribution in [2.75, 3.05) is 6.54 Å². The summed E-state index contributed by atoms with van der Waals surface area (Å²) < 4.78 is 38.2. The van der Waals surface area contributed by atoms with Crippen LogP contribution in [0.4, 0.5) is 13.2 Å². The molecule has 0 saturated carbocycles. The minimum Gasteiger partial charge on any atom is -0.313 e. The van der Waals surface area contributed by atoms with Crippen molar-refractivity contribution in [3.63, 3.8) is 0 Å². The van der Waals surface area contributed by atoms with Gasteiger partial charge in [0, 0.05) is 24.5 Å². The van der Waals surface area contributed by atoms with E-state index in [-0.39, 0.29) is 0 Å². The monoisotopic (exact) mass is 294 g/mol. The van der Waals surface area contributed by atoms with Gasteiger partial charge >= 0.3 is 6.18 Å². The largest absolute Gasteiger partial charge is 0.416 e. The zero-order valence-corrected chi connectivity index (χ0v) is 11.7. The lowest BCUT2D eigenvalue weighted by atomic mass is 10.0. The average Bonchev–Trinajstić information content (AvgIpc) is 2.47. The molecule has 0 radical (unpaired) electrons. The maximum atomic E-state index is 12.7. The van der Waals surface area contributed by atoms with Crippen LogP contribution in [-0.4, -0.2) is 11.5 Å². The van der Waals surface area contributed by atoms with E-state index in [1.807, 2.05) is 6.07 Å². The minimum absolute atomic E-state index is 0.523. The normalized spacial score (nSPS) is 11.6. The number of hydrogen-bond donors (Lipinski definition) is 1. The summed E-state index contributed by atoms with van der Waals surface area (Å²) in [5.74, 6) is 0. The van der Waals surface area contributed by atoms with Crippen molar-refractivity contribution in [1.82, 2.24) is 10.3 Å². The Bertz CT molecular complexity index is 594. The Labute approximate surface area is 122 Å². The number of aromatic nitrogens is 1. The van der Waals surface area contributed by atoms with Gasteiger partial charge in [-0.05, 0) is 42.3 Å². The molecule has 0 atom stereocenters. The number of alkyl halides is 3. The second-order valence-corrected chi connectivity index (χ2v) is 4.84. The number of nitrogens with one attached hydrogen (secondary N) is 1. The first-order valence-electron chi connectivity index (χ1n) is 6.83. The van der Waals surface area contributed by atoms with Gasteiger partial charge in [-0.3, -0.25) is 4.98 Å². The molecule has 112 valence electrons. The van der Waals surface area contributed by atoms with E-state index in [0.717, 1.165) is 30.7 Å². The molecule has 2 rings (SSSR count). The molecule has 0 bridgehead atoms. The van der Waals surface area contributed by atoms with Crippen molar-refractivity contribution in [1.29, 1.82) is 0 Å². The first-order chi connectivity index (χ1) is 10.0. The van der Waals surface area contributed by atoms with E-state index < -0.39 is 11.7 Å². The van der Waals surface area contributed by atoms with Crippen LogP contribution in [0.15, 0.2) is 42.7 Å². The quantitative estimate of drug-likeness (QED) is 0.833. The number of rotatable bonds is 5. The first-order valence-corrected chi connectivity index (χ1v) is 6.83. The third kappa shape index (κ3) is 4.29. The Morgan fingerprint density at radius 1 is 1.10 bits per heavy atom. The van der Waals surface area contributed by atoms with Gasteiger partial charge in [0.15, 0.2) is 0 Å². The highest BCUT2D eigenvalue weighted by Gasteiger charge is 2.30. The topological polar surface area (TPSA) is 24.9 Å². The second-order valence-electron chi connectivity index (χ2n) is 4.84. The highest BCUT2D eigenvalue weighted by Crippen LogP contribution is 2.32. The molecule has 1 heterocycles. The fraction of sp³-hybridized carbons (Fsp3) is 0.312. The Hall–Kier alpha value is -1.88. The van der Waals surface area contributed by atoms with Crippen LogP contribution in [0.2, 0.25) is 0 Å². The third-order valence-electron chi connectivity index (χ3n) is 3.07. The SMILES string of the molecule is CCCNCc1cncc(-c2cccc(C(F)(F)F)c2)c1. The van der Waals surface area contributed by atoms with Crippen LogP contribution in [0.25, 0.3) is 11.1 Å². The molecule has 0 aliphatic rings. The number of pyridine rings is 1. The summed E-state index contributed by atoms with van der Waals surface area (Å²) >= 11 is 0. The molecule has 0 aliphatic heterocycles. The van der Waals surface area contributed by atoms with Crippen molar-refractivity contribution >= 4 is 0 Å². The van der Waals surface area contributed by atoms with Crippen molar-refractivity contribution in [2.24, 2.45) is 0 Å². The van der Waals surface area contributed by atoms with Crippen molar-refractivity contribution < 1.29 is 13.2 Å². The molecular formula is C16H17F3N2. The summed E-state index contributed by atoms with van der Waals surface area (Å²) in [6.07, 6.45) is 0.00303. The van der Waals surface area contributed by atoms with Gasteiger partial charge in [-0.1, -0.05) is 19.1 Å². The Kier molecular flexibility index (Phi) is 4.96. The van der Waals surface area contributed by atoms with Crippen LogP contribution in [0.5, 0.6) is 0 Å². The van der Waals surface area contributed by atoms with E-state index in [9.17, 15) is 13.2 Å². The van der Waals surface area contributed by atoms with Crippen LogP contribution in [0, 0.1) is 0 Å². The molecule has 0 aliphatic carbocycles. The summed E-state index contributed by atoms with van der Waals surface area (Å²) in [4.78, 5) is 4.11. The van der Waals surface area contributed by atoms with Gasteiger partial charge in [-0.25, -0.2) is 0 Å². The highest BCUT2D eigenvalue weighted by atomic mass is 19.4. The Morgan fingerprint density at radius 3 is 2.62 bits per heavy atom. The fourth-order valence-electron chi connectivity index (χ4n) is 2.03. The molecule has 0 fully saturated rings. The van der Waals surface area contributed by atoms with E-state index in [2.05, 4.69) is 17.2 Å². The molecular weight excluding hydrogens is 277 g/mol. The van der Waals surface area contributed by atoms with Crippen LogP contribution >= 0.6 is 0 Å². The van der Waals surface area contributed by atoms with Gasteiger partial charge in [-0.15, -0.1) is 0 Å². The van der Waals surface area contributed by atoms with Crippen molar-refractivity contribution in [2.45, 2.75) is 26.1 Å². The van der Waals surface area contributed by atoms with Gasteiger partial charge in [0.25, 0.3) is 0 Å². The van der Waals surface area contributed by atoms with Crippen LogP contribution < -0.4 is 5.32 Å². The van der Waals surface area contributed by atoms with Gasteiger partial charge in [0.2, 0.25) is 0 Å². The average molecular weight is 294 g/mol. The summed E-state index contributed by atoms with van der Waals surface area (Å²) in [7, 11) is 0. The van der Waals surface area contributed by atoms with Gasteiger partial charge in [-0.2, -0.15) is 13.2 Å². The van der Waals surface area contributed by atoms with E-state index in [1.54, 1.807) is 18.5 Å². The van der Waals surface area contributed by atoms with E-state index >= 15 is 0 Å². The minimum atomic E-state index is -4.33. The molecule has 0 unspecified atom stereocenters. The van der Waals surface area contributed by atoms with Crippen LogP contribution in [0.3, 0.4) is 0 Å². The molecule has 2 aromatic rings. The lowest BCUT2D eigenvalue weighted by Gasteiger charge is -2.10. The highest BCUT2D eigenvalue weighted by molar-refractivity contribution is 5.64. The van der Waals surface area contributed by atoms with Crippen molar-refractivity contribution in [3.8, 4) is 11.1 Å². The zero-order valence-electron chi connectivity index (χ0n) is 11.7. The lowest BCUT2D eigenvalue weighted by Crippen LogP contribution is -2.13. The number of benzene rings is 1. The predicted octanol–water partition coefficient (Wildman–Crippen LogP) is 4.27. The first kappa shape index (κ1) is 15.5.